The normalized spacial score (nSPS) is 13.3. The minimum absolute atomic E-state index is 0.601. The highest BCUT2D eigenvalue weighted by Gasteiger charge is 2.08. The molecule has 0 spiro atoms. The summed E-state index contributed by atoms with van der Waals surface area (Å²) < 4.78 is 2.49. The van der Waals surface area contributed by atoms with E-state index in [-0.39, 0.29) is 0 Å². The van der Waals surface area contributed by atoms with E-state index < -0.39 is 0 Å². The highest BCUT2D eigenvalue weighted by Crippen LogP contribution is 2.33. The second-order valence-electron chi connectivity index (χ2n) is 4.89. The van der Waals surface area contributed by atoms with Gasteiger partial charge in [-0.25, -0.2) is 0 Å². The Kier molecular flexibility index (Phi) is 7.31. The molecule has 4 heteroatoms. The highest BCUT2D eigenvalue weighted by molar-refractivity contribution is 9.12. The van der Waals surface area contributed by atoms with Crippen LogP contribution in [0.25, 0.3) is 0 Å². The first-order valence-electron chi connectivity index (χ1n) is 6.16. The minimum Gasteiger partial charge on any atom is -0.315 e. The quantitative estimate of drug-likeness (QED) is 0.680. The average Bonchev–Trinajstić information content (AvgIpc) is 2.54. The third-order valence-corrected chi connectivity index (χ3v) is 5.29. The molecule has 17 heavy (non-hydrogen) atoms. The van der Waals surface area contributed by atoms with Gasteiger partial charge in [-0.05, 0) is 75.2 Å². The minimum atomic E-state index is 0.601. The molecule has 1 aromatic heterocycles. The lowest BCUT2D eigenvalue weighted by atomic mass is 9.99. The molecule has 0 saturated heterocycles. The van der Waals surface area contributed by atoms with Crippen LogP contribution in [0.2, 0.25) is 0 Å². The van der Waals surface area contributed by atoms with E-state index in [1.54, 1.807) is 11.3 Å². The Morgan fingerprint density at radius 3 is 2.47 bits per heavy atom. The van der Waals surface area contributed by atoms with E-state index in [1.165, 1.54) is 32.4 Å². The molecular formula is C13H21Br2NS. The smallest absolute Gasteiger partial charge is 0.0742 e. The van der Waals surface area contributed by atoms with Gasteiger partial charge < -0.3 is 5.32 Å². The fourth-order valence-electron chi connectivity index (χ4n) is 1.71. The van der Waals surface area contributed by atoms with Gasteiger partial charge >= 0.3 is 0 Å². The molecule has 0 aliphatic rings. The van der Waals surface area contributed by atoms with Crippen molar-refractivity contribution in [2.45, 2.75) is 46.1 Å². The molecule has 0 fully saturated rings. The third-order valence-electron chi connectivity index (χ3n) is 2.82. The molecule has 1 atom stereocenters. The highest BCUT2D eigenvalue weighted by atomic mass is 79.9. The van der Waals surface area contributed by atoms with Gasteiger partial charge in [0.15, 0.2) is 0 Å². The summed E-state index contributed by atoms with van der Waals surface area (Å²) in [6, 6.07) is 2.83. The van der Waals surface area contributed by atoms with Gasteiger partial charge in [0.1, 0.15) is 0 Å². The number of hydrogen-bond acceptors (Lipinski definition) is 2. The summed E-state index contributed by atoms with van der Waals surface area (Å²) in [4.78, 5) is 0. The summed E-state index contributed by atoms with van der Waals surface area (Å²) >= 11 is 8.91. The maximum atomic E-state index is 3.62. The van der Waals surface area contributed by atoms with Crippen molar-refractivity contribution in [1.29, 1.82) is 0 Å². The zero-order valence-corrected chi connectivity index (χ0v) is 14.7. The van der Waals surface area contributed by atoms with Crippen LogP contribution in [0.15, 0.2) is 13.6 Å². The molecule has 0 radical (unpaired) electrons. The van der Waals surface area contributed by atoms with E-state index in [1.807, 2.05) is 0 Å². The molecule has 1 N–H and O–H groups in total. The lowest BCUT2D eigenvalue weighted by Crippen LogP contribution is -2.24. The van der Waals surface area contributed by atoms with Crippen molar-refractivity contribution in [1.82, 2.24) is 5.32 Å². The monoisotopic (exact) mass is 381 g/mol. The fraction of sp³-hybridized carbons (Fsp3) is 0.692. The Balaban J connectivity index is 2.23. The van der Waals surface area contributed by atoms with Gasteiger partial charge in [-0.1, -0.05) is 20.8 Å². The number of aryl methyl sites for hydroxylation is 1. The van der Waals surface area contributed by atoms with Crippen molar-refractivity contribution in [2.24, 2.45) is 5.92 Å². The number of rotatable bonds is 7. The van der Waals surface area contributed by atoms with Crippen LogP contribution in [0.1, 0.15) is 39.2 Å². The van der Waals surface area contributed by atoms with E-state index in [2.05, 4.69) is 64.0 Å². The van der Waals surface area contributed by atoms with Crippen molar-refractivity contribution in [3.05, 3.63) is 19.2 Å². The summed E-state index contributed by atoms with van der Waals surface area (Å²) in [6.07, 6.45) is 3.70. The molecule has 1 unspecified atom stereocenters. The fourth-order valence-corrected chi connectivity index (χ4v) is 4.62. The second-order valence-corrected chi connectivity index (χ2v) is 8.64. The van der Waals surface area contributed by atoms with Crippen LogP contribution in [0.3, 0.4) is 0 Å². The molecule has 1 aromatic rings. The number of nitrogens with one attached hydrogen (secondary N) is 1. The Morgan fingerprint density at radius 1 is 1.24 bits per heavy atom. The van der Waals surface area contributed by atoms with Crippen molar-refractivity contribution >= 4 is 43.2 Å². The maximum absolute atomic E-state index is 3.62. The lowest BCUT2D eigenvalue weighted by Gasteiger charge is -2.13. The predicted octanol–water partition coefficient (Wildman–Crippen LogP) is 5.23. The SMILES string of the molecule is CC(CCNC(C)C)CCc1cc(Br)sc1Br. The Morgan fingerprint density at radius 2 is 1.94 bits per heavy atom. The van der Waals surface area contributed by atoms with E-state index in [0.717, 1.165) is 12.5 Å². The first-order valence-corrected chi connectivity index (χ1v) is 8.56. The van der Waals surface area contributed by atoms with E-state index >= 15 is 0 Å². The number of halogens is 2. The molecule has 1 rings (SSSR count). The molecule has 0 amide bonds. The molecule has 0 aliphatic carbocycles. The Labute approximate surface area is 126 Å². The number of thiophene rings is 1. The van der Waals surface area contributed by atoms with Crippen LogP contribution in [-0.2, 0) is 6.42 Å². The molecule has 1 heterocycles. The van der Waals surface area contributed by atoms with Gasteiger partial charge in [0.25, 0.3) is 0 Å². The summed E-state index contributed by atoms with van der Waals surface area (Å²) in [5, 5.41) is 3.48. The summed E-state index contributed by atoms with van der Waals surface area (Å²) in [5.41, 5.74) is 1.44. The first kappa shape index (κ1) is 15.7. The van der Waals surface area contributed by atoms with Crippen LogP contribution in [0.5, 0.6) is 0 Å². The Hall–Kier alpha value is 0.620. The first-order chi connectivity index (χ1) is 7.99. The van der Waals surface area contributed by atoms with Crippen LogP contribution in [-0.4, -0.2) is 12.6 Å². The van der Waals surface area contributed by atoms with Crippen LogP contribution < -0.4 is 5.32 Å². The van der Waals surface area contributed by atoms with E-state index in [4.69, 9.17) is 0 Å². The summed E-state index contributed by atoms with van der Waals surface area (Å²) in [6.45, 7) is 7.87. The molecule has 98 valence electrons. The number of hydrogen-bond donors (Lipinski definition) is 1. The van der Waals surface area contributed by atoms with Crippen molar-refractivity contribution in [3.8, 4) is 0 Å². The van der Waals surface area contributed by atoms with Gasteiger partial charge in [0, 0.05) is 6.04 Å². The second kappa shape index (κ2) is 7.93. The third kappa shape index (κ3) is 6.37. The van der Waals surface area contributed by atoms with Crippen LogP contribution >= 0.6 is 43.2 Å². The Bertz CT molecular complexity index is 336. The van der Waals surface area contributed by atoms with E-state index in [9.17, 15) is 0 Å². The van der Waals surface area contributed by atoms with Crippen molar-refractivity contribution in [3.63, 3.8) is 0 Å². The largest absolute Gasteiger partial charge is 0.315 e. The molecule has 1 nitrogen and oxygen atoms in total. The maximum Gasteiger partial charge on any atom is 0.0742 e. The predicted molar refractivity (Wildman–Crippen MR) is 85.0 cm³/mol. The van der Waals surface area contributed by atoms with Crippen molar-refractivity contribution < 1.29 is 0 Å². The van der Waals surface area contributed by atoms with Crippen molar-refractivity contribution in [2.75, 3.05) is 6.54 Å². The molecule has 0 aliphatic heterocycles. The summed E-state index contributed by atoms with van der Waals surface area (Å²) in [7, 11) is 0. The van der Waals surface area contributed by atoms with Crippen LogP contribution in [0, 0.1) is 5.92 Å². The molecule has 0 saturated carbocycles. The molecule has 0 bridgehead atoms. The standard InChI is InChI=1S/C13H21Br2NS/c1-9(2)16-7-6-10(3)4-5-11-8-12(14)17-13(11)15/h8-10,16H,4-7H2,1-3H3. The van der Waals surface area contributed by atoms with E-state index in [0.29, 0.717) is 6.04 Å². The van der Waals surface area contributed by atoms with Gasteiger partial charge in [-0.2, -0.15) is 0 Å². The summed E-state index contributed by atoms with van der Waals surface area (Å²) in [5.74, 6) is 0.784. The van der Waals surface area contributed by atoms with Crippen LogP contribution in [0.4, 0.5) is 0 Å². The van der Waals surface area contributed by atoms with Gasteiger partial charge in [-0.3, -0.25) is 0 Å². The van der Waals surface area contributed by atoms with Gasteiger partial charge in [-0.15, -0.1) is 11.3 Å². The van der Waals surface area contributed by atoms with Gasteiger partial charge in [0.2, 0.25) is 0 Å². The average molecular weight is 383 g/mol. The zero-order chi connectivity index (χ0) is 12.8. The zero-order valence-electron chi connectivity index (χ0n) is 10.7. The lowest BCUT2D eigenvalue weighted by molar-refractivity contribution is 0.454. The topological polar surface area (TPSA) is 12.0 Å². The van der Waals surface area contributed by atoms with Gasteiger partial charge in [0.05, 0.1) is 7.57 Å². The molecular weight excluding hydrogens is 362 g/mol. The molecule has 0 aromatic carbocycles.